The van der Waals surface area contributed by atoms with Crippen molar-refractivity contribution in [2.75, 3.05) is 39.3 Å². The van der Waals surface area contributed by atoms with Gasteiger partial charge >= 0.3 is 11.8 Å². The quantitative estimate of drug-likeness (QED) is 0.729. The summed E-state index contributed by atoms with van der Waals surface area (Å²) < 4.78 is 0. The highest BCUT2D eigenvalue weighted by molar-refractivity contribution is 6.35. The molecule has 1 aliphatic rings. The Balaban J connectivity index is 1.77. The van der Waals surface area contributed by atoms with Crippen LogP contribution in [0.1, 0.15) is 5.56 Å². The average Bonchev–Trinajstić information content (AvgIpc) is 2.53. The van der Waals surface area contributed by atoms with Crippen molar-refractivity contribution in [3.8, 4) is 0 Å². The van der Waals surface area contributed by atoms with Crippen molar-refractivity contribution in [3.05, 3.63) is 35.9 Å². The van der Waals surface area contributed by atoms with Crippen molar-refractivity contribution in [2.24, 2.45) is 0 Å². The molecule has 0 spiro atoms. The van der Waals surface area contributed by atoms with Crippen LogP contribution in [-0.4, -0.2) is 66.1 Å². The number of hydrogen-bond donors (Lipinski definition) is 2. The van der Waals surface area contributed by atoms with Gasteiger partial charge in [0.05, 0.1) is 6.61 Å². The first kappa shape index (κ1) is 15.5. The van der Waals surface area contributed by atoms with E-state index in [9.17, 15) is 9.59 Å². The van der Waals surface area contributed by atoms with E-state index in [4.69, 9.17) is 5.11 Å². The lowest BCUT2D eigenvalue weighted by Gasteiger charge is -2.34. The van der Waals surface area contributed by atoms with E-state index in [1.807, 2.05) is 18.2 Å². The van der Waals surface area contributed by atoms with Crippen molar-refractivity contribution in [3.63, 3.8) is 0 Å². The van der Waals surface area contributed by atoms with E-state index in [1.165, 1.54) is 5.56 Å². The number of hydrogen-bond acceptors (Lipinski definition) is 4. The predicted molar refractivity (Wildman–Crippen MR) is 78.4 cm³/mol. The molecule has 0 unspecified atom stereocenters. The number of nitrogens with zero attached hydrogens (tertiary/aromatic N) is 2. The molecule has 0 atom stereocenters. The smallest absolute Gasteiger partial charge is 0.311 e. The van der Waals surface area contributed by atoms with Crippen LogP contribution in [0.4, 0.5) is 0 Å². The first-order valence-corrected chi connectivity index (χ1v) is 7.15. The fraction of sp³-hybridized carbons (Fsp3) is 0.467. The zero-order valence-electron chi connectivity index (χ0n) is 12.0. The van der Waals surface area contributed by atoms with Crippen LogP contribution in [0.2, 0.25) is 0 Å². The number of benzene rings is 1. The molecule has 0 saturated carbocycles. The Labute approximate surface area is 124 Å². The molecule has 114 valence electrons. The number of aliphatic hydroxyl groups excluding tert-OH is 1. The standard InChI is InChI=1S/C15H21N3O3/c19-11-6-16-14(20)15(21)18-9-7-17(8-10-18)12-13-4-2-1-3-5-13/h1-5,19H,6-12H2,(H,16,20). The molecule has 6 nitrogen and oxygen atoms in total. The van der Waals surface area contributed by atoms with Crippen LogP contribution in [0.25, 0.3) is 0 Å². The third-order valence-electron chi connectivity index (χ3n) is 3.50. The van der Waals surface area contributed by atoms with E-state index in [1.54, 1.807) is 4.90 Å². The lowest BCUT2D eigenvalue weighted by Crippen LogP contribution is -2.52. The van der Waals surface area contributed by atoms with Gasteiger partial charge in [0.25, 0.3) is 0 Å². The monoisotopic (exact) mass is 291 g/mol. The number of amides is 2. The number of aliphatic hydroxyl groups is 1. The molecule has 2 amide bonds. The van der Waals surface area contributed by atoms with Crippen molar-refractivity contribution in [1.82, 2.24) is 15.1 Å². The van der Waals surface area contributed by atoms with Gasteiger partial charge in [-0.25, -0.2) is 0 Å². The number of carbonyl (C=O) groups excluding carboxylic acids is 2. The first-order chi connectivity index (χ1) is 10.2. The van der Waals surface area contributed by atoms with Gasteiger partial charge in [0.1, 0.15) is 0 Å². The molecule has 0 radical (unpaired) electrons. The van der Waals surface area contributed by atoms with E-state index in [2.05, 4.69) is 22.3 Å². The minimum atomic E-state index is -0.638. The van der Waals surface area contributed by atoms with Crippen LogP contribution in [0.15, 0.2) is 30.3 Å². The SMILES string of the molecule is O=C(NCCO)C(=O)N1CCN(Cc2ccccc2)CC1. The highest BCUT2D eigenvalue weighted by Gasteiger charge is 2.25. The van der Waals surface area contributed by atoms with Gasteiger partial charge in [-0.3, -0.25) is 14.5 Å². The van der Waals surface area contributed by atoms with E-state index >= 15 is 0 Å². The van der Waals surface area contributed by atoms with E-state index in [0.29, 0.717) is 13.1 Å². The Bertz CT molecular complexity index is 470. The highest BCUT2D eigenvalue weighted by Crippen LogP contribution is 2.08. The van der Waals surface area contributed by atoms with Crippen LogP contribution in [-0.2, 0) is 16.1 Å². The molecule has 1 saturated heterocycles. The van der Waals surface area contributed by atoms with Gasteiger partial charge in [0, 0.05) is 39.3 Å². The lowest BCUT2D eigenvalue weighted by molar-refractivity contribution is -0.147. The van der Waals surface area contributed by atoms with Gasteiger partial charge in [-0.15, -0.1) is 0 Å². The van der Waals surface area contributed by atoms with Crippen molar-refractivity contribution < 1.29 is 14.7 Å². The maximum atomic E-state index is 11.9. The molecule has 1 aromatic carbocycles. The Hall–Kier alpha value is -1.92. The molecule has 1 heterocycles. The molecule has 0 bridgehead atoms. The fourth-order valence-electron chi connectivity index (χ4n) is 2.34. The summed E-state index contributed by atoms with van der Waals surface area (Å²) in [4.78, 5) is 27.3. The van der Waals surface area contributed by atoms with Crippen LogP contribution >= 0.6 is 0 Å². The lowest BCUT2D eigenvalue weighted by atomic mass is 10.2. The first-order valence-electron chi connectivity index (χ1n) is 7.15. The molecule has 1 fully saturated rings. The highest BCUT2D eigenvalue weighted by atomic mass is 16.3. The fourth-order valence-corrected chi connectivity index (χ4v) is 2.34. The Morgan fingerprint density at radius 1 is 1.10 bits per heavy atom. The summed E-state index contributed by atoms with van der Waals surface area (Å²) in [5.41, 5.74) is 1.25. The van der Waals surface area contributed by atoms with E-state index in [-0.39, 0.29) is 13.2 Å². The molecule has 6 heteroatoms. The van der Waals surface area contributed by atoms with Gasteiger partial charge in [-0.1, -0.05) is 30.3 Å². The van der Waals surface area contributed by atoms with Gasteiger partial charge in [0.2, 0.25) is 0 Å². The number of rotatable bonds is 4. The maximum absolute atomic E-state index is 11.9. The predicted octanol–water partition coefficient (Wildman–Crippen LogP) is -0.561. The summed E-state index contributed by atoms with van der Waals surface area (Å²) in [5.74, 6) is -1.15. The normalized spacial score (nSPS) is 15.8. The van der Waals surface area contributed by atoms with Gasteiger partial charge < -0.3 is 15.3 Å². The third kappa shape index (κ3) is 4.54. The molecular formula is C15H21N3O3. The van der Waals surface area contributed by atoms with Crippen LogP contribution in [0.3, 0.4) is 0 Å². The number of nitrogens with one attached hydrogen (secondary N) is 1. The summed E-state index contributed by atoms with van der Waals surface area (Å²) in [6.45, 7) is 3.43. The third-order valence-corrected chi connectivity index (χ3v) is 3.50. The molecule has 21 heavy (non-hydrogen) atoms. The summed E-state index contributed by atoms with van der Waals surface area (Å²) in [5, 5.41) is 11.0. The minimum Gasteiger partial charge on any atom is -0.395 e. The second kappa shape index (κ2) is 7.75. The summed E-state index contributed by atoms with van der Waals surface area (Å²) >= 11 is 0. The Kier molecular flexibility index (Phi) is 5.71. The summed E-state index contributed by atoms with van der Waals surface area (Å²) in [6, 6.07) is 10.2. The Morgan fingerprint density at radius 2 is 1.76 bits per heavy atom. The number of piperazine rings is 1. The molecule has 2 N–H and O–H groups in total. The van der Waals surface area contributed by atoms with Crippen molar-refractivity contribution >= 4 is 11.8 Å². The Morgan fingerprint density at radius 3 is 2.38 bits per heavy atom. The molecule has 2 rings (SSSR count). The summed E-state index contributed by atoms with van der Waals surface area (Å²) in [6.07, 6.45) is 0. The molecule has 1 aromatic rings. The van der Waals surface area contributed by atoms with Crippen molar-refractivity contribution in [1.29, 1.82) is 0 Å². The zero-order valence-corrected chi connectivity index (χ0v) is 12.0. The molecule has 0 aliphatic carbocycles. The largest absolute Gasteiger partial charge is 0.395 e. The van der Waals surface area contributed by atoms with Crippen molar-refractivity contribution in [2.45, 2.75) is 6.54 Å². The van der Waals surface area contributed by atoms with Crippen LogP contribution < -0.4 is 5.32 Å². The molecular weight excluding hydrogens is 270 g/mol. The topological polar surface area (TPSA) is 72.9 Å². The second-order valence-corrected chi connectivity index (χ2v) is 5.03. The maximum Gasteiger partial charge on any atom is 0.311 e. The zero-order chi connectivity index (χ0) is 15.1. The van der Waals surface area contributed by atoms with Gasteiger partial charge in [-0.05, 0) is 5.56 Å². The average molecular weight is 291 g/mol. The van der Waals surface area contributed by atoms with Gasteiger partial charge in [0.15, 0.2) is 0 Å². The van der Waals surface area contributed by atoms with Crippen LogP contribution in [0, 0.1) is 0 Å². The second-order valence-electron chi connectivity index (χ2n) is 5.03. The molecule has 0 aromatic heterocycles. The van der Waals surface area contributed by atoms with Gasteiger partial charge in [-0.2, -0.15) is 0 Å². The van der Waals surface area contributed by atoms with E-state index in [0.717, 1.165) is 19.6 Å². The number of carbonyl (C=O) groups is 2. The van der Waals surface area contributed by atoms with Crippen LogP contribution in [0.5, 0.6) is 0 Å². The minimum absolute atomic E-state index is 0.110. The summed E-state index contributed by atoms with van der Waals surface area (Å²) in [7, 11) is 0. The van der Waals surface area contributed by atoms with E-state index < -0.39 is 11.8 Å². The molecule has 1 aliphatic heterocycles.